The molecule has 0 atom stereocenters. The highest BCUT2D eigenvalue weighted by molar-refractivity contribution is 9.10. The minimum atomic E-state index is 0.0207. The molecule has 0 fully saturated rings. The van der Waals surface area contributed by atoms with Crippen LogP contribution in [0.4, 0.5) is 5.69 Å². The highest BCUT2D eigenvalue weighted by Gasteiger charge is 2.22. The molecule has 0 aliphatic rings. The second kappa shape index (κ2) is 5.51. The molecule has 1 heterocycles. The van der Waals surface area contributed by atoms with E-state index in [0.29, 0.717) is 17.1 Å². The molecule has 0 bridgehead atoms. The van der Waals surface area contributed by atoms with Crippen LogP contribution in [-0.2, 0) is 0 Å². The molecule has 0 unspecified atom stereocenters. The maximum absolute atomic E-state index is 12.5. The van der Waals surface area contributed by atoms with E-state index in [1.54, 1.807) is 0 Å². The number of benzene rings is 1. The monoisotopic (exact) mass is 340 g/mol. The molecule has 3 nitrogen and oxygen atoms in total. The Labute approximate surface area is 125 Å². The number of carbonyl (C=O) groups excluding carboxylic acids is 1. The number of nitrogen functional groups attached to an aromatic ring is 1. The first-order valence-electron chi connectivity index (χ1n) is 6.24. The van der Waals surface area contributed by atoms with E-state index in [2.05, 4.69) is 15.9 Å². The molecule has 2 N–H and O–H groups in total. The number of thiophene rings is 1. The maximum atomic E-state index is 12.5. The quantitative estimate of drug-likeness (QED) is 0.913. The Morgan fingerprint density at radius 1 is 1.47 bits per heavy atom. The van der Waals surface area contributed by atoms with Gasteiger partial charge in [-0.25, -0.2) is 0 Å². The number of nitrogens with two attached hydrogens (primary N) is 1. The molecule has 2 rings (SSSR count). The van der Waals surface area contributed by atoms with E-state index >= 15 is 0 Å². The van der Waals surface area contributed by atoms with Crippen LogP contribution in [0.3, 0.4) is 0 Å². The summed E-state index contributed by atoms with van der Waals surface area (Å²) >= 11 is 4.90. The zero-order valence-corrected chi connectivity index (χ0v) is 13.6. The first-order valence-corrected chi connectivity index (χ1v) is 7.85. The molecule has 1 amide bonds. The normalized spacial score (nSPS) is 11.2. The van der Waals surface area contributed by atoms with Gasteiger partial charge in [-0.2, -0.15) is 0 Å². The summed E-state index contributed by atoms with van der Waals surface area (Å²) in [6, 6.07) is 6.09. The second-order valence-corrected chi connectivity index (χ2v) is 6.64. The summed E-state index contributed by atoms with van der Waals surface area (Å²) in [5, 5.41) is 0.947. The van der Waals surface area contributed by atoms with Crippen LogP contribution in [0.25, 0.3) is 10.1 Å². The van der Waals surface area contributed by atoms with Crippen LogP contribution >= 0.6 is 27.3 Å². The van der Waals surface area contributed by atoms with E-state index in [1.807, 2.05) is 43.9 Å². The van der Waals surface area contributed by atoms with E-state index in [9.17, 15) is 4.79 Å². The van der Waals surface area contributed by atoms with E-state index in [0.717, 1.165) is 14.6 Å². The number of rotatable bonds is 3. The van der Waals surface area contributed by atoms with Crippen molar-refractivity contribution in [2.45, 2.75) is 26.8 Å². The molecule has 1 aromatic carbocycles. The average molecular weight is 341 g/mol. The third-order valence-corrected chi connectivity index (χ3v) is 4.78. The van der Waals surface area contributed by atoms with E-state index < -0.39 is 0 Å². The SMILES string of the molecule is CCN(C(=O)c1sc2ccc(Br)cc2c1N)C(C)C. The Morgan fingerprint density at radius 2 is 2.16 bits per heavy atom. The van der Waals surface area contributed by atoms with E-state index in [4.69, 9.17) is 5.73 Å². The number of nitrogens with zero attached hydrogens (tertiary/aromatic N) is 1. The first kappa shape index (κ1) is 14.3. The number of hydrogen-bond acceptors (Lipinski definition) is 3. The molecular weight excluding hydrogens is 324 g/mol. The van der Waals surface area contributed by atoms with Crippen LogP contribution in [0.15, 0.2) is 22.7 Å². The van der Waals surface area contributed by atoms with Gasteiger partial charge in [-0.3, -0.25) is 4.79 Å². The van der Waals surface area contributed by atoms with Gasteiger partial charge in [-0.05, 0) is 39.0 Å². The molecular formula is C14H17BrN2OS. The fourth-order valence-electron chi connectivity index (χ4n) is 2.12. The highest BCUT2D eigenvalue weighted by Crippen LogP contribution is 2.36. The van der Waals surface area contributed by atoms with E-state index in [-0.39, 0.29) is 11.9 Å². The molecule has 102 valence electrons. The van der Waals surface area contributed by atoms with Gasteiger partial charge in [0.25, 0.3) is 5.91 Å². The van der Waals surface area contributed by atoms with Gasteiger partial charge in [0.15, 0.2) is 0 Å². The minimum Gasteiger partial charge on any atom is -0.397 e. The average Bonchev–Trinajstić information content (AvgIpc) is 2.67. The Bertz CT molecular complexity index is 621. The lowest BCUT2D eigenvalue weighted by Gasteiger charge is -2.24. The van der Waals surface area contributed by atoms with Crippen molar-refractivity contribution in [2.24, 2.45) is 0 Å². The molecule has 0 saturated heterocycles. The Kier molecular flexibility index (Phi) is 4.16. The number of amides is 1. The van der Waals surface area contributed by atoms with Gasteiger partial charge in [0.1, 0.15) is 4.88 Å². The van der Waals surface area contributed by atoms with Crippen LogP contribution in [0, 0.1) is 0 Å². The maximum Gasteiger partial charge on any atom is 0.266 e. The van der Waals surface area contributed by atoms with Crippen molar-refractivity contribution in [2.75, 3.05) is 12.3 Å². The summed E-state index contributed by atoms with van der Waals surface area (Å²) in [5.41, 5.74) is 6.73. The summed E-state index contributed by atoms with van der Waals surface area (Å²) in [6.07, 6.45) is 0. The van der Waals surface area contributed by atoms with Crippen molar-refractivity contribution in [1.82, 2.24) is 4.90 Å². The Hall–Kier alpha value is -1.07. The number of fused-ring (bicyclic) bond motifs is 1. The van der Waals surface area contributed by atoms with Gasteiger partial charge in [-0.15, -0.1) is 11.3 Å². The molecule has 0 aliphatic heterocycles. The van der Waals surface area contributed by atoms with Crippen molar-refractivity contribution in [3.63, 3.8) is 0 Å². The lowest BCUT2D eigenvalue weighted by Crippen LogP contribution is -2.36. The summed E-state index contributed by atoms with van der Waals surface area (Å²) in [7, 11) is 0. The molecule has 0 saturated carbocycles. The van der Waals surface area contributed by atoms with Gasteiger partial charge in [0.2, 0.25) is 0 Å². The molecule has 1 aromatic heterocycles. The van der Waals surface area contributed by atoms with Crippen LogP contribution in [-0.4, -0.2) is 23.4 Å². The van der Waals surface area contributed by atoms with Crippen LogP contribution < -0.4 is 5.73 Å². The largest absolute Gasteiger partial charge is 0.397 e. The fourth-order valence-corrected chi connectivity index (χ4v) is 3.54. The van der Waals surface area contributed by atoms with Crippen molar-refractivity contribution < 1.29 is 4.79 Å². The van der Waals surface area contributed by atoms with Crippen LogP contribution in [0.5, 0.6) is 0 Å². The molecule has 19 heavy (non-hydrogen) atoms. The number of hydrogen-bond donors (Lipinski definition) is 1. The Morgan fingerprint density at radius 3 is 2.74 bits per heavy atom. The van der Waals surface area contributed by atoms with Crippen molar-refractivity contribution in [3.8, 4) is 0 Å². The minimum absolute atomic E-state index is 0.0207. The fraction of sp³-hybridized carbons (Fsp3) is 0.357. The summed E-state index contributed by atoms with van der Waals surface area (Å²) in [5.74, 6) is 0.0207. The van der Waals surface area contributed by atoms with Gasteiger partial charge in [0, 0.05) is 27.1 Å². The smallest absolute Gasteiger partial charge is 0.266 e. The van der Waals surface area contributed by atoms with Crippen molar-refractivity contribution in [3.05, 3.63) is 27.5 Å². The number of halogens is 1. The first-order chi connectivity index (χ1) is 8.95. The number of anilines is 1. The standard InChI is InChI=1S/C14H17BrN2OS/c1-4-17(8(2)3)14(18)13-12(16)10-7-9(15)5-6-11(10)19-13/h5-8H,4,16H2,1-3H3. The van der Waals surface area contributed by atoms with Gasteiger partial charge in [0.05, 0.1) is 5.69 Å². The predicted octanol–water partition coefficient (Wildman–Crippen LogP) is 4.12. The topological polar surface area (TPSA) is 46.3 Å². The van der Waals surface area contributed by atoms with Crippen molar-refractivity contribution in [1.29, 1.82) is 0 Å². The third kappa shape index (κ3) is 2.62. The van der Waals surface area contributed by atoms with Gasteiger partial charge >= 0.3 is 0 Å². The molecule has 5 heteroatoms. The zero-order valence-electron chi connectivity index (χ0n) is 11.2. The molecule has 0 aliphatic carbocycles. The van der Waals surface area contributed by atoms with Crippen LogP contribution in [0.2, 0.25) is 0 Å². The molecule has 0 radical (unpaired) electrons. The lowest BCUT2D eigenvalue weighted by atomic mass is 10.2. The van der Waals surface area contributed by atoms with Crippen LogP contribution in [0.1, 0.15) is 30.4 Å². The molecule has 2 aromatic rings. The molecule has 0 spiro atoms. The van der Waals surface area contributed by atoms with Crippen molar-refractivity contribution >= 4 is 48.9 Å². The zero-order chi connectivity index (χ0) is 14.2. The number of carbonyl (C=O) groups is 1. The van der Waals surface area contributed by atoms with Gasteiger partial charge in [-0.1, -0.05) is 15.9 Å². The summed E-state index contributed by atoms with van der Waals surface area (Å²) in [6.45, 7) is 6.70. The summed E-state index contributed by atoms with van der Waals surface area (Å²) < 4.78 is 2.02. The third-order valence-electron chi connectivity index (χ3n) is 3.11. The Balaban J connectivity index is 2.51. The lowest BCUT2D eigenvalue weighted by molar-refractivity contribution is 0.0723. The summed E-state index contributed by atoms with van der Waals surface area (Å²) in [4.78, 5) is 15.0. The van der Waals surface area contributed by atoms with E-state index in [1.165, 1.54) is 11.3 Å². The highest BCUT2D eigenvalue weighted by atomic mass is 79.9. The second-order valence-electron chi connectivity index (χ2n) is 4.67. The van der Waals surface area contributed by atoms with Gasteiger partial charge < -0.3 is 10.6 Å². The predicted molar refractivity (Wildman–Crippen MR) is 85.8 cm³/mol.